The Morgan fingerprint density at radius 3 is 2.39 bits per heavy atom. The Kier molecular flexibility index (Phi) is 4.90. The molecule has 28 heavy (non-hydrogen) atoms. The molecule has 0 amide bonds. The third-order valence-corrected chi connectivity index (χ3v) is 5.70. The van der Waals surface area contributed by atoms with Crippen molar-refractivity contribution in [2.45, 2.75) is 55.6 Å². The van der Waals surface area contributed by atoms with Crippen molar-refractivity contribution in [2.24, 2.45) is 0 Å². The molecule has 2 aromatic rings. The van der Waals surface area contributed by atoms with E-state index in [1.165, 1.54) is 10.9 Å². The van der Waals surface area contributed by atoms with E-state index in [0.717, 1.165) is 25.0 Å². The van der Waals surface area contributed by atoms with Crippen LogP contribution < -0.4 is 0 Å². The standard InChI is InChI=1S/C18H20F3N3O4/c19-10-5-9(6-11(20)14(10)21)12-7-24(23-22-12)15-16(26)13(8-25)28-18(17(15)27)3-1-2-4-18/h5-7,13,15-17,25-27H,1-4,8H2/t13-,15+,16+,17-/m1/s1. The van der Waals surface area contributed by atoms with Crippen molar-refractivity contribution in [2.75, 3.05) is 6.61 Å². The van der Waals surface area contributed by atoms with E-state index in [1.807, 2.05) is 0 Å². The maximum atomic E-state index is 13.5. The Hall–Kier alpha value is -2.01. The molecule has 0 radical (unpaired) electrons. The van der Waals surface area contributed by atoms with E-state index in [4.69, 9.17) is 4.74 Å². The highest BCUT2D eigenvalue weighted by atomic mass is 19.2. The average molecular weight is 399 g/mol. The molecule has 2 fully saturated rings. The molecule has 1 spiro atoms. The van der Waals surface area contributed by atoms with Crippen LogP contribution in [0.5, 0.6) is 0 Å². The summed E-state index contributed by atoms with van der Waals surface area (Å²) < 4.78 is 47.3. The second-order valence-electron chi connectivity index (χ2n) is 7.37. The van der Waals surface area contributed by atoms with Gasteiger partial charge in [-0.3, -0.25) is 0 Å². The van der Waals surface area contributed by atoms with Crippen LogP contribution in [0, 0.1) is 17.5 Å². The number of hydrogen-bond acceptors (Lipinski definition) is 6. The lowest BCUT2D eigenvalue weighted by Crippen LogP contribution is -2.61. The van der Waals surface area contributed by atoms with Crippen LogP contribution in [0.25, 0.3) is 11.3 Å². The molecule has 10 heteroatoms. The molecule has 1 aromatic carbocycles. The van der Waals surface area contributed by atoms with Gasteiger partial charge < -0.3 is 20.1 Å². The molecule has 7 nitrogen and oxygen atoms in total. The van der Waals surface area contributed by atoms with Gasteiger partial charge in [-0.15, -0.1) is 5.10 Å². The number of rotatable bonds is 3. The lowest BCUT2D eigenvalue weighted by Gasteiger charge is -2.48. The molecule has 0 bridgehead atoms. The van der Waals surface area contributed by atoms with Crippen LogP contribution in [0.15, 0.2) is 18.3 Å². The van der Waals surface area contributed by atoms with Crippen LogP contribution in [0.4, 0.5) is 13.2 Å². The van der Waals surface area contributed by atoms with Gasteiger partial charge >= 0.3 is 0 Å². The number of aromatic nitrogens is 3. The Morgan fingerprint density at radius 2 is 1.79 bits per heavy atom. The first-order chi connectivity index (χ1) is 13.4. The van der Waals surface area contributed by atoms with Gasteiger partial charge in [-0.1, -0.05) is 18.1 Å². The van der Waals surface area contributed by atoms with Crippen LogP contribution in [0.2, 0.25) is 0 Å². The van der Waals surface area contributed by atoms with Crippen LogP contribution in [-0.2, 0) is 4.74 Å². The summed E-state index contributed by atoms with van der Waals surface area (Å²) in [5.41, 5.74) is -0.894. The topological polar surface area (TPSA) is 101 Å². The first kappa shape index (κ1) is 19.3. The van der Waals surface area contributed by atoms with Crippen molar-refractivity contribution in [3.05, 3.63) is 35.8 Å². The summed E-state index contributed by atoms with van der Waals surface area (Å²) in [6, 6.07) is 0.609. The minimum atomic E-state index is -1.58. The first-order valence-electron chi connectivity index (χ1n) is 9.08. The Bertz CT molecular complexity index is 849. The summed E-state index contributed by atoms with van der Waals surface area (Å²) in [4.78, 5) is 0. The number of halogens is 3. The van der Waals surface area contributed by atoms with Gasteiger partial charge in [-0.25, -0.2) is 17.9 Å². The van der Waals surface area contributed by atoms with Crippen molar-refractivity contribution in [1.29, 1.82) is 0 Å². The van der Waals surface area contributed by atoms with Crippen LogP contribution in [-0.4, -0.2) is 60.8 Å². The zero-order valence-electron chi connectivity index (χ0n) is 14.8. The molecule has 2 heterocycles. The van der Waals surface area contributed by atoms with E-state index in [2.05, 4.69) is 10.3 Å². The summed E-state index contributed by atoms with van der Waals surface area (Å²) in [6.07, 6.45) is 0.828. The molecular weight excluding hydrogens is 379 g/mol. The number of benzene rings is 1. The molecule has 1 aromatic heterocycles. The number of aliphatic hydroxyl groups excluding tert-OH is 3. The van der Waals surface area contributed by atoms with Gasteiger partial charge in [0.05, 0.1) is 18.4 Å². The Balaban J connectivity index is 1.70. The van der Waals surface area contributed by atoms with Gasteiger partial charge in [0.1, 0.15) is 30.0 Å². The molecule has 3 N–H and O–H groups in total. The predicted octanol–water partition coefficient (Wildman–Crippen LogP) is 1.33. The number of nitrogens with zero attached hydrogens (tertiary/aromatic N) is 3. The fourth-order valence-electron chi connectivity index (χ4n) is 4.25. The molecule has 4 atom stereocenters. The molecule has 1 saturated carbocycles. The first-order valence-corrected chi connectivity index (χ1v) is 9.08. The molecule has 1 saturated heterocycles. The van der Waals surface area contributed by atoms with E-state index in [-0.39, 0.29) is 11.3 Å². The monoisotopic (exact) mass is 399 g/mol. The normalized spacial score (nSPS) is 29.5. The van der Waals surface area contributed by atoms with Crippen LogP contribution in [0.3, 0.4) is 0 Å². The van der Waals surface area contributed by atoms with E-state index >= 15 is 0 Å². The second kappa shape index (κ2) is 7.11. The minimum absolute atomic E-state index is 0.0343. The van der Waals surface area contributed by atoms with Crippen molar-refractivity contribution in [3.8, 4) is 11.3 Å². The van der Waals surface area contributed by atoms with Crippen molar-refractivity contribution < 1.29 is 33.2 Å². The predicted molar refractivity (Wildman–Crippen MR) is 89.5 cm³/mol. The highest BCUT2D eigenvalue weighted by Crippen LogP contribution is 2.45. The fourth-order valence-corrected chi connectivity index (χ4v) is 4.25. The molecule has 0 unspecified atom stereocenters. The average Bonchev–Trinajstić information content (AvgIpc) is 3.33. The zero-order valence-corrected chi connectivity index (χ0v) is 14.8. The van der Waals surface area contributed by atoms with Crippen LogP contribution in [0.1, 0.15) is 31.7 Å². The van der Waals surface area contributed by atoms with Gasteiger partial charge in [0.25, 0.3) is 0 Å². The molecule has 4 rings (SSSR count). The zero-order chi connectivity index (χ0) is 20.1. The molecule has 1 aliphatic heterocycles. The van der Waals surface area contributed by atoms with E-state index < -0.39 is 54.0 Å². The summed E-state index contributed by atoms with van der Waals surface area (Å²) in [5.74, 6) is -4.30. The largest absolute Gasteiger partial charge is 0.394 e. The SMILES string of the molecule is OC[C@H]1OC2(CCCC2)[C@H](O)[C@@H](n2cc(-c3cc(F)c(F)c(F)c3)nn2)[C@H]1O. The summed E-state index contributed by atoms with van der Waals surface area (Å²) in [6.45, 7) is -0.442. The number of aliphatic hydroxyl groups is 3. The summed E-state index contributed by atoms with van der Waals surface area (Å²) in [5, 5.41) is 38.9. The third-order valence-electron chi connectivity index (χ3n) is 5.70. The summed E-state index contributed by atoms with van der Waals surface area (Å²) >= 11 is 0. The van der Waals surface area contributed by atoms with Crippen molar-refractivity contribution in [3.63, 3.8) is 0 Å². The molecule has 152 valence electrons. The Labute approximate surface area is 158 Å². The minimum Gasteiger partial charge on any atom is -0.394 e. The van der Waals surface area contributed by atoms with Gasteiger partial charge in [0.2, 0.25) is 0 Å². The maximum Gasteiger partial charge on any atom is 0.194 e. The van der Waals surface area contributed by atoms with Gasteiger partial charge in [0.15, 0.2) is 17.5 Å². The smallest absolute Gasteiger partial charge is 0.194 e. The molecular formula is C18H20F3N3O4. The number of ether oxygens (including phenoxy) is 1. The van der Waals surface area contributed by atoms with Crippen molar-refractivity contribution >= 4 is 0 Å². The third kappa shape index (κ3) is 3.00. The van der Waals surface area contributed by atoms with Gasteiger partial charge in [-0.2, -0.15) is 0 Å². The lowest BCUT2D eigenvalue weighted by atomic mass is 9.82. The van der Waals surface area contributed by atoms with Gasteiger partial charge in [0, 0.05) is 5.56 Å². The van der Waals surface area contributed by atoms with E-state index in [9.17, 15) is 28.5 Å². The Morgan fingerprint density at radius 1 is 1.14 bits per heavy atom. The molecule has 1 aliphatic carbocycles. The fraction of sp³-hybridized carbons (Fsp3) is 0.556. The molecule has 2 aliphatic rings. The second-order valence-corrected chi connectivity index (χ2v) is 7.37. The lowest BCUT2D eigenvalue weighted by molar-refractivity contribution is -0.253. The van der Waals surface area contributed by atoms with E-state index in [1.54, 1.807) is 0 Å². The quantitative estimate of drug-likeness (QED) is 0.674. The highest BCUT2D eigenvalue weighted by Gasteiger charge is 2.55. The van der Waals surface area contributed by atoms with Crippen LogP contribution >= 0.6 is 0 Å². The van der Waals surface area contributed by atoms with Crippen molar-refractivity contribution in [1.82, 2.24) is 15.0 Å². The highest BCUT2D eigenvalue weighted by molar-refractivity contribution is 5.57. The van der Waals surface area contributed by atoms with Gasteiger partial charge in [-0.05, 0) is 25.0 Å². The number of hydrogen-bond donors (Lipinski definition) is 3. The summed E-state index contributed by atoms with van der Waals surface area (Å²) in [7, 11) is 0. The maximum absolute atomic E-state index is 13.5. The van der Waals surface area contributed by atoms with E-state index in [0.29, 0.717) is 12.8 Å².